The van der Waals surface area contributed by atoms with Gasteiger partial charge in [0.15, 0.2) is 11.6 Å². The number of nitrogens with zero attached hydrogens (tertiary/aromatic N) is 2. The van der Waals surface area contributed by atoms with Crippen molar-refractivity contribution in [2.45, 2.75) is 12.8 Å². The van der Waals surface area contributed by atoms with E-state index in [-0.39, 0.29) is 10.2 Å². The maximum atomic E-state index is 13.4. The fourth-order valence-electron chi connectivity index (χ4n) is 1.95. The smallest absolute Gasteiger partial charge is 0.296 e. The van der Waals surface area contributed by atoms with Crippen molar-refractivity contribution in [3.63, 3.8) is 0 Å². The summed E-state index contributed by atoms with van der Waals surface area (Å²) in [7, 11) is 0. The van der Waals surface area contributed by atoms with Gasteiger partial charge in [-0.2, -0.15) is 0 Å². The SMILES string of the molecule is O=[N+]([O-])c1cc(F)c(F)c(Br)c1N1CCCC1. The summed E-state index contributed by atoms with van der Waals surface area (Å²) < 4.78 is 26.4. The fourth-order valence-corrected chi connectivity index (χ4v) is 2.60. The number of benzene rings is 1. The Balaban J connectivity index is 2.61. The Bertz CT molecular complexity index is 476. The first kappa shape index (κ1) is 12.2. The third-order valence-electron chi connectivity index (χ3n) is 2.74. The quantitative estimate of drug-likeness (QED) is 0.479. The summed E-state index contributed by atoms with van der Waals surface area (Å²) in [5.41, 5.74) is -0.274. The molecule has 0 atom stereocenters. The minimum atomic E-state index is -1.22. The lowest BCUT2D eigenvalue weighted by Gasteiger charge is -2.19. The van der Waals surface area contributed by atoms with E-state index in [1.807, 2.05) is 0 Å². The van der Waals surface area contributed by atoms with Crippen molar-refractivity contribution in [3.05, 3.63) is 32.3 Å². The van der Waals surface area contributed by atoms with Crippen LogP contribution in [0.1, 0.15) is 12.8 Å². The van der Waals surface area contributed by atoms with Crippen LogP contribution in [0, 0.1) is 21.7 Å². The molecule has 0 N–H and O–H groups in total. The molecule has 1 heterocycles. The molecular weight excluding hydrogens is 298 g/mol. The van der Waals surface area contributed by atoms with E-state index < -0.39 is 22.2 Å². The Kier molecular flexibility index (Phi) is 3.28. The average molecular weight is 307 g/mol. The van der Waals surface area contributed by atoms with Gasteiger partial charge in [-0.05, 0) is 28.8 Å². The van der Waals surface area contributed by atoms with Gasteiger partial charge in [-0.3, -0.25) is 10.1 Å². The number of anilines is 1. The molecular formula is C10H9BrF2N2O2. The van der Waals surface area contributed by atoms with Gasteiger partial charge in [0.05, 0.1) is 15.5 Å². The minimum Gasteiger partial charge on any atom is -0.365 e. The van der Waals surface area contributed by atoms with Crippen molar-refractivity contribution in [1.29, 1.82) is 0 Å². The second kappa shape index (κ2) is 4.56. The van der Waals surface area contributed by atoms with Crippen molar-refractivity contribution in [2.75, 3.05) is 18.0 Å². The van der Waals surface area contributed by atoms with E-state index in [0.29, 0.717) is 19.2 Å². The van der Waals surface area contributed by atoms with Crippen LogP contribution in [-0.2, 0) is 0 Å². The molecule has 1 aromatic rings. The number of hydrogen-bond donors (Lipinski definition) is 0. The van der Waals surface area contributed by atoms with Gasteiger partial charge in [0.1, 0.15) is 5.69 Å². The zero-order valence-corrected chi connectivity index (χ0v) is 10.3. The van der Waals surface area contributed by atoms with Crippen LogP contribution in [0.15, 0.2) is 10.5 Å². The van der Waals surface area contributed by atoms with Gasteiger partial charge < -0.3 is 4.90 Å². The molecule has 1 saturated heterocycles. The summed E-state index contributed by atoms with van der Waals surface area (Å²) in [5.74, 6) is -2.30. The van der Waals surface area contributed by atoms with Crippen molar-refractivity contribution in [2.24, 2.45) is 0 Å². The minimum absolute atomic E-state index is 0.131. The lowest BCUT2D eigenvalue weighted by molar-refractivity contribution is -0.384. The van der Waals surface area contributed by atoms with Gasteiger partial charge in [-0.15, -0.1) is 0 Å². The van der Waals surface area contributed by atoms with E-state index in [9.17, 15) is 18.9 Å². The Hall–Kier alpha value is -1.24. The average Bonchev–Trinajstić information content (AvgIpc) is 2.78. The van der Waals surface area contributed by atoms with Crippen LogP contribution in [0.25, 0.3) is 0 Å². The number of nitro benzene ring substituents is 1. The predicted octanol–water partition coefficient (Wildman–Crippen LogP) is 3.24. The Morgan fingerprint density at radius 3 is 2.47 bits per heavy atom. The lowest BCUT2D eigenvalue weighted by Crippen LogP contribution is -2.20. The highest BCUT2D eigenvalue weighted by Crippen LogP contribution is 2.40. The van der Waals surface area contributed by atoms with Crippen LogP contribution in [0.3, 0.4) is 0 Å². The zero-order valence-electron chi connectivity index (χ0n) is 8.75. The highest BCUT2D eigenvalue weighted by Gasteiger charge is 2.29. The largest absolute Gasteiger partial charge is 0.365 e. The topological polar surface area (TPSA) is 46.4 Å². The number of rotatable bonds is 2. The Morgan fingerprint density at radius 1 is 1.35 bits per heavy atom. The molecule has 1 fully saturated rings. The molecule has 0 radical (unpaired) electrons. The summed E-state index contributed by atoms with van der Waals surface area (Å²) in [5, 5.41) is 10.9. The molecule has 0 unspecified atom stereocenters. The summed E-state index contributed by atoms with van der Waals surface area (Å²) in [4.78, 5) is 11.9. The second-order valence-electron chi connectivity index (χ2n) is 3.81. The zero-order chi connectivity index (χ0) is 12.6. The highest BCUT2D eigenvalue weighted by molar-refractivity contribution is 9.10. The Morgan fingerprint density at radius 2 is 1.94 bits per heavy atom. The normalized spacial score (nSPS) is 15.4. The van der Waals surface area contributed by atoms with Crippen LogP contribution < -0.4 is 4.90 Å². The molecule has 0 spiro atoms. The summed E-state index contributed by atoms with van der Waals surface area (Å²) >= 11 is 2.90. The maximum Gasteiger partial charge on any atom is 0.296 e. The Labute approximate surface area is 104 Å². The van der Waals surface area contributed by atoms with E-state index in [2.05, 4.69) is 15.9 Å². The fraction of sp³-hybridized carbons (Fsp3) is 0.400. The molecule has 0 aromatic heterocycles. The van der Waals surface area contributed by atoms with Crippen LogP contribution in [0.4, 0.5) is 20.2 Å². The molecule has 1 aliphatic heterocycles. The summed E-state index contributed by atoms with van der Waals surface area (Å²) in [6, 6.07) is 0.633. The van der Waals surface area contributed by atoms with Crippen LogP contribution in [-0.4, -0.2) is 18.0 Å². The van der Waals surface area contributed by atoms with Gasteiger partial charge in [0, 0.05) is 13.1 Å². The summed E-state index contributed by atoms with van der Waals surface area (Å²) in [6.07, 6.45) is 1.78. The molecule has 0 saturated carbocycles. The van der Waals surface area contributed by atoms with Crippen molar-refractivity contribution in [3.8, 4) is 0 Å². The first-order valence-electron chi connectivity index (χ1n) is 5.09. The van der Waals surface area contributed by atoms with Gasteiger partial charge in [0.25, 0.3) is 5.69 Å². The molecule has 17 heavy (non-hydrogen) atoms. The molecule has 0 amide bonds. The van der Waals surface area contributed by atoms with Gasteiger partial charge in [0.2, 0.25) is 0 Å². The predicted molar refractivity (Wildman–Crippen MR) is 62.2 cm³/mol. The van der Waals surface area contributed by atoms with E-state index >= 15 is 0 Å². The lowest BCUT2D eigenvalue weighted by atomic mass is 10.2. The van der Waals surface area contributed by atoms with Gasteiger partial charge in [-0.1, -0.05) is 0 Å². The molecule has 4 nitrogen and oxygen atoms in total. The van der Waals surface area contributed by atoms with E-state index in [1.54, 1.807) is 4.90 Å². The first-order chi connectivity index (χ1) is 8.02. The second-order valence-corrected chi connectivity index (χ2v) is 4.60. The first-order valence-corrected chi connectivity index (χ1v) is 5.88. The number of nitro groups is 1. The van der Waals surface area contributed by atoms with Crippen molar-refractivity contribution < 1.29 is 13.7 Å². The van der Waals surface area contributed by atoms with E-state index in [1.165, 1.54) is 0 Å². The number of hydrogen-bond acceptors (Lipinski definition) is 3. The maximum absolute atomic E-state index is 13.4. The standard InChI is InChI=1S/C10H9BrF2N2O2/c11-8-9(13)6(12)5-7(15(16)17)10(8)14-3-1-2-4-14/h5H,1-4H2. The molecule has 7 heteroatoms. The van der Waals surface area contributed by atoms with Crippen LogP contribution >= 0.6 is 15.9 Å². The van der Waals surface area contributed by atoms with Crippen molar-refractivity contribution >= 4 is 27.3 Å². The molecule has 92 valence electrons. The number of halogens is 3. The third-order valence-corrected chi connectivity index (χ3v) is 3.46. The molecule has 0 bridgehead atoms. The molecule has 1 aromatic carbocycles. The van der Waals surface area contributed by atoms with Crippen LogP contribution in [0.5, 0.6) is 0 Å². The monoisotopic (exact) mass is 306 g/mol. The highest BCUT2D eigenvalue weighted by atomic mass is 79.9. The van der Waals surface area contributed by atoms with E-state index in [0.717, 1.165) is 12.8 Å². The van der Waals surface area contributed by atoms with E-state index in [4.69, 9.17) is 0 Å². The molecule has 2 rings (SSSR count). The molecule has 0 aliphatic carbocycles. The molecule has 1 aliphatic rings. The van der Waals surface area contributed by atoms with Crippen LogP contribution in [0.2, 0.25) is 0 Å². The summed E-state index contributed by atoms with van der Waals surface area (Å²) in [6.45, 7) is 1.23. The van der Waals surface area contributed by atoms with Gasteiger partial charge in [-0.25, -0.2) is 8.78 Å². The third kappa shape index (κ3) is 2.11. The van der Waals surface area contributed by atoms with Gasteiger partial charge >= 0.3 is 0 Å². The van der Waals surface area contributed by atoms with Crippen molar-refractivity contribution in [1.82, 2.24) is 0 Å².